The highest BCUT2D eigenvalue weighted by Crippen LogP contribution is 1.99. The first-order valence-corrected chi connectivity index (χ1v) is 5.02. The number of H-pyrrole nitrogens is 1. The van der Waals surface area contributed by atoms with Gasteiger partial charge in [0, 0.05) is 18.3 Å². The van der Waals surface area contributed by atoms with Crippen molar-refractivity contribution in [3.8, 4) is 24.2 Å². The first kappa shape index (κ1) is 12.8. The maximum atomic E-state index is 11.6. The molecule has 0 spiro atoms. The summed E-state index contributed by atoms with van der Waals surface area (Å²) in [5.74, 6) is 6.67. The van der Waals surface area contributed by atoms with E-state index in [1.807, 2.05) is 0 Å². The maximum Gasteiger partial charge on any atom is 0.324 e. The molecular formula is C12H13N3O2. The van der Waals surface area contributed by atoms with Gasteiger partial charge in [0.15, 0.2) is 6.61 Å². The number of likely N-dealkylation sites (N-methyl/N-ethyl adjacent to an activating group) is 1. The fraction of sp³-hybridized carbons (Fsp3) is 0.333. The molecule has 0 aliphatic rings. The van der Waals surface area contributed by atoms with E-state index in [4.69, 9.17) is 11.2 Å². The fourth-order valence-corrected chi connectivity index (χ4v) is 1.21. The van der Waals surface area contributed by atoms with Crippen LogP contribution in [0.5, 0.6) is 0 Å². The molecule has 0 saturated carbocycles. The number of rotatable bonds is 5. The Balaban J connectivity index is 2.44. The molecule has 0 aliphatic carbocycles. The Labute approximate surface area is 100.0 Å². The van der Waals surface area contributed by atoms with Gasteiger partial charge in [0.2, 0.25) is 0 Å². The van der Waals surface area contributed by atoms with Crippen LogP contribution >= 0.6 is 0 Å². The van der Waals surface area contributed by atoms with E-state index in [0.717, 1.165) is 5.69 Å². The third-order valence-electron chi connectivity index (χ3n) is 2.06. The molecule has 0 bridgehead atoms. The molecule has 1 aromatic heterocycles. The van der Waals surface area contributed by atoms with Crippen molar-refractivity contribution in [1.29, 1.82) is 0 Å². The lowest BCUT2D eigenvalue weighted by molar-refractivity contribution is -0.144. The number of carbonyl (C=O) groups is 1. The molecule has 5 heteroatoms. The summed E-state index contributed by atoms with van der Waals surface area (Å²) in [7, 11) is 1.69. The molecule has 1 rings (SSSR count). The Morgan fingerprint density at radius 3 is 3.18 bits per heavy atom. The van der Waals surface area contributed by atoms with Crippen LogP contribution in [0.3, 0.4) is 0 Å². The van der Waals surface area contributed by atoms with E-state index in [9.17, 15) is 4.79 Å². The van der Waals surface area contributed by atoms with E-state index >= 15 is 0 Å². The van der Waals surface area contributed by atoms with Crippen molar-refractivity contribution in [2.75, 3.05) is 13.7 Å². The molecule has 0 aliphatic heterocycles. The van der Waals surface area contributed by atoms with Crippen molar-refractivity contribution in [2.24, 2.45) is 0 Å². The molecule has 1 heterocycles. The number of nitrogens with one attached hydrogen (secondary N) is 2. The summed E-state index contributed by atoms with van der Waals surface area (Å²) in [6.07, 6.45) is 8.64. The highest BCUT2D eigenvalue weighted by molar-refractivity contribution is 5.76. The van der Waals surface area contributed by atoms with E-state index < -0.39 is 6.04 Å². The normalized spacial score (nSPS) is 10.8. The Morgan fingerprint density at radius 1 is 1.76 bits per heavy atom. The summed E-state index contributed by atoms with van der Waals surface area (Å²) in [5, 5.41) is 2.87. The summed E-state index contributed by atoms with van der Waals surface area (Å²) >= 11 is 0. The Bertz CT molecular complexity index is 448. The van der Waals surface area contributed by atoms with Crippen molar-refractivity contribution in [1.82, 2.24) is 15.3 Å². The SMILES string of the molecule is C#CC#CCOC(=O)C(Cc1cnc[nH]1)NC. The van der Waals surface area contributed by atoms with Gasteiger partial charge in [-0.2, -0.15) is 0 Å². The number of terminal acetylenes is 1. The van der Waals surface area contributed by atoms with Gasteiger partial charge in [0.05, 0.1) is 6.33 Å². The van der Waals surface area contributed by atoms with E-state index in [0.29, 0.717) is 6.42 Å². The minimum atomic E-state index is -0.428. The van der Waals surface area contributed by atoms with Gasteiger partial charge in [0.1, 0.15) is 6.04 Å². The standard InChI is InChI=1S/C12H13N3O2/c1-3-4-5-6-17-12(16)11(13-2)7-10-8-14-9-15-10/h1,8-9,11,13H,6-7H2,2H3,(H,14,15). The molecule has 0 saturated heterocycles. The second-order valence-corrected chi connectivity index (χ2v) is 3.18. The topological polar surface area (TPSA) is 67.0 Å². The van der Waals surface area contributed by atoms with Crippen LogP contribution in [-0.2, 0) is 16.0 Å². The van der Waals surface area contributed by atoms with Crippen LogP contribution in [0.1, 0.15) is 5.69 Å². The zero-order chi connectivity index (χ0) is 12.5. The minimum Gasteiger partial charge on any atom is -0.451 e. The third-order valence-corrected chi connectivity index (χ3v) is 2.06. The molecule has 1 atom stereocenters. The van der Waals surface area contributed by atoms with E-state index in [-0.39, 0.29) is 12.6 Å². The molecule has 5 nitrogen and oxygen atoms in total. The molecule has 17 heavy (non-hydrogen) atoms. The Morgan fingerprint density at radius 2 is 2.59 bits per heavy atom. The predicted octanol–water partition coefficient (Wildman–Crippen LogP) is -0.280. The van der Waals surface area contributed by atoms with Crippen molar-refractivity contribution in [3.63, 3.8) is 0 Å². The van der Waals surface area contributed by atoms with Crippen molar-refractivity contribution >= 4 is 5.97 Å². The highest BCUT2D eigenvalue weighted by atomic mass is 16.5. The lowest BCUT2D eigenvalue weighted by atomic mass is 10.2. The number of hydrogen-bond donors (Lipinski definition) is 2. The van der Waals surface area contributed by atoms with Crippen molar-refractivity contribution in [2.45, 2.75) is 12.5 Å². The van der Waals surface area contributed by atoms with Crippen molar-refractivity contribution in [3.05, 3.63) is 18.2 Å². The lowest BCUT2D eigenvalue weighted by Crippen LogP contribution is -2.37. The summed E-state index contributed by atoms with van der Waals surface area (Å²) in [4.78, 5) is 18.4. The van der Waals surface area contributed by atoms with Gasteiger partial charge < -0.3 is 15.0 Å². The number of ether oxygens (including phenoxy) is 1. The largest absolute Gasteiger partial charge is 0.451 e. The summed E-state index contributed by atoms with van der Waals surface area (Å²) in [6.45, 7) is 0.00416. The van der Waals surface area contributed by atoms with Gasteiger partial charge in [-0.3, -0.25) is 4.79 Å². The van der Waals surface area contributed by atoms with Crippen LogP contribution < -0.4 is 5.32 Å². The Hall–Kier alpha value is -2.24. The lowest BCUT2D eigenvalue weighted by Gasteiger charge is -2.12. The molecule has 88 valence electrons. The number of imidazole rings is 1. The molecule has 0 aromatic carbocycles. The third kappa shape index (κ3) is 4.42. The van der Waals surface area contributed by atoms with Crippen LogP contribution in [0.4, 0.5) is 0 Å². The molecule has 0 fully saturated rings. The second-order valence-electron chi connectivity index (χ2n) is 3.18. The second kappa shape index (κ2) is 7.10. The quantitative estimate of drug-likeness (QED) is 0.540. The number of nitrogens with zero attached hydrogens (tertiary/aromatic N) is 1. The summed E-state index contributed by atoms with van der Waals surface area (Å²) in [6, 6.07) is -0.428. The Kier molecular flexibility index (Phi) is 5.36. The molecule has 0 amide bonds. The first-order valence-electron chi connectivity index (χ1n) is 5.02. The van der Waals surface area contributed by atoms with Crippen LogP contribution in [0, 0.1) is 24.2 Å². The molecule has 2 N–H and O–H groups in total. The van der Waals surface area contributed by atoms with Gasteiger partial charge in [-0.1, -0.05) is 0 Å². The number of esters is 1. The average Bonchev–Trinajstić information content (AvgIpc) is 2.84. The zero-order valence-corrected chi connectivity index (χ0v) is 9.49. The minimum absolute atomic E-state index is 0.00416. The number of hydrogen-bond acceptors (Lipinski definition) is 4. The fourth-order valence-electron chi connectivity index (χ4n) is 1.21. The van der Waals surface area contributed by atoms with Crippen LogP contribution in [-0.4, -0.2) is 35.6 Å². The van der Waals surface area contributed by atoms with Gasteiger partial charge in [-0.25, -0.2) is 4.98 Å². The van der Waals surface area contributed by atoms with Gasteiger partial charge in [0.25, 0.3) is 0 Å². The summed E-state index contributed by atoms with van der Waals surface area (Å²) in [5.41, 5.74) is 0.857. The molecule has 1 unspecified atom stereocenters. The smallest absolute Gasteiger partial charge is 0.324 e. The van der Waals surface area contributed by atoms with E-state index in [1.165, 1.54) is 0 Å². The number of aromatic nitrogens is 2. The van der Waals surface area contributed by atoms with Crippen LogP contribution in [0.25, 0.3) is 0 Å². The first-order chi connectivity index (χ1) is 8.27. The van der Waals surface area contributed by atoms with Crippen LogP contribution in [0.2, 0.25) is 0 Å². The monoisotopic (exact) mass is 231 g/mol. The van der Waals surface area contributed by atoms with Gasteiger partial charge in [-0.05, 0) is 24.8 Å². The molecular weight excluding hydrogens is 218 g/mol. The van der Waals surface area contributed by atoms with Crippen molar-refractivity contribution < 1.29 is 9.53 Å². The van der Waals surface area contributed by atoms with E-state index in [2.05, 4.69) is 33.0 Å². The molecule has 0 radical (unpaired) electrons. The number of aromatic amines is 1. The predicted molar refractivity (Wildman–Crippen MR) is 62.7 cm³/mol. The molecule has 1 aromatic rings. The summed E-state index contributed by atoms with van der Waals surface area (Å²) < 4.78 is 4.94. The van der Waals surface area contributed by atoms with Crippen LogP contribution in [0.15, 0.2) is 12.5 Å². The van der Waals surface area contributed by atoms with Gasteiger partial charge >= 0.3 is 5.97 Å². The van der Waals surface area contributed by atoms with Gasteiger partial charge in [-0.15, -0.1) is 6.42 Å². The highest BCUT2D eigenvalue weighted by Gasteiger charge is 2.18. The van der Waals surface area contributed by atoms with E-state index in [1.54, 1.807) is 19.6 Å². The average molecular weight is 231 g/mol. The number of carbonyl (C=O) groups excluding carboxylic acids is 1. The maximum absolute atomic E-state index is 11.6. The zero-order valence-electron chi connectivity index (χ0n) is 9.49.